The largest absolute Gasteiger partial charge is 0.360 e. The highest BCUT2D eigenvalue weighted by Gasteiger charge is 2.23. The lowest BCUT2D eigenvalue weighted by molar-refractivity contribution is 0.102. The number of carbonyl (C=O) groups excluding carboxylic acids is 1. The van der Waals surface area contributed by atoms with Crippen molar-refractivity contribution in [3.05, 3.63) is 59.1 Å². The maximum Gasteiger partial charge on any atom is 0.275 e. The molecule has 0 atom stereocenters. The van der Waals surface area contributed by atoms with Crippen molar-refractivity contribution in [1.82, 2.24) is 15.1 Å². The second-order valence-corrected chi connectivity index (χ2v) is 6.00. The molecule has 0 saturated heterocycles. The molecule has 1 aromatic carbocycles. The zero-order valence-corrected chi connectivity index (χ0v) is 14.0. The first-order valence-electron chi connectivity index (χ1n) is 8.06. The lowest BCUT2D eigenvalue weighted by Crippen LogP contribution is -2.20. The van der Waals surface area contributed by atoms with Gasteiger partial charge in [-0.15, -0.1) is 0 Å². The van der Waals surface area contributed by atoms with E-state index in [1.54, 1.807) is 19.1 Å². The molecule has 7 nitrogen and oxygen atoms in total. The molecule has 0 bridgehead atoms. The Bertz CT molecular complexity index is 950. The van der Waals surface area contributed by atoms with Crippen LogP contribution in [0, 0.1) is 13.8 Å². The van der Waals surface area contributed by atoms with Gasteiger partial charge in [-0.25, -0.2) is 9.97 Å². The summed E-state index contributed by atoms with van der Waals surface area (Å²) >= 11 is 0. The van der Waals surface area contributed by atoms with Crippen LogP contribution in [-0.4, -0.2) is 27.6 Å². The number of benzene rings is 1. The van der Waals surface area contributed by atoms with Crippen molar-refractivity contribution in [3.8, 4) is 0 Å². The molecule has 7 heteroatoms. The lowest BCUT2D eigenvalue weighted by atomic mass is 10.2. The number of nitrogens with one attached hydrogen (secondary N) is 1. The van der Waals surface area contributed by atoms with Gasteiger partial charge in [-0.1, -0.05) is 23.4 Å². The number of fused-ring (bicyclic) bond motifs is 1. The van der Waals surface area contributed by atoms with Crippen molar-refractivity contribution < 1.29 is 9.32 Å². The van der Waals surface area contributed by atoms with E-state index in [0.717, 1.165) is 24.3 Å². The second kappa shape index (κ2) is 6.01. The van der Waals surface area contributed by atoms with Gasteiger partial charge in [0.1, 0.15) is 11.5 Å². The molecule has 1 aliphatic rings. The molecule has 4 rings (SSSR count). The van der Waals surface area contributed by atoms with Gasteiger partial charge in [0.2, 0.25) is 5.95 Å². The van der Waals surface area contributed by atoms with Gasteiger partial charge < -0.3 is 14.7 Å². The molecule has 126 valence electrons. The van der Waals surface area contributed by atoms with Crippen LogP contribution in [0.5, 0.6) is 0 Å². The third kappa shape index (κ3) is 2.96. The highest BCUT2D eigenvalue weighted by molar-refractivity contribution is 6.02. The summed E-state index contributed by atoms with van der Waals surface area (Å²) in [4.78, 5) is 23.5. The molecule has 0 saturated carbocycles. The first-order chi connectivity index (χ1) is 12.1. The normalized spacial score (nSPS) is 13.0. The van der Waals surface area contributed by atoms with E-state index in [9.17, 15) is 4.79 Å². The molecule has 0 spiro atoms. The van der Waals surface area contributed by atoms with E-state index in [1.807, 2.05) is 30.0 Å². The number of nitrogens with zero attached hydrogens (tertiary/aromatic N) is 4. The van der Waals surface area contributed by atoms with E-state index in [-0.39, 0.29) is 5.91 Å². The van der Waals surface area contributed by atoms with Gasteiger partial charge in [-0.2, -0.15) is 0 Å². The van der Waals surface area contributed by atoms with E-state index in [0.29, 0.717) is 23.2 Å². The highest BCUT2D eigenvalue weighted by atomic mass is 16.5. The van der Waals surface area contributed by atoms with Gasteiger partial charge in [-0.05, 0) is 38.0 Å². The third-order valence-corrected chi connectivity index (χ3v) is 4.07. The van der Waals surface area contributed by atoms with Gasteiger partial charge >= 0.3 is 0 Å². The lowest BCUT2D eigenvalue weighted by Gasteiger charge is -2.18. The second-order valence-electron chi connectivity index (χ2n) is 6.00. The van der Waals surface area contributed by atoms with Crippen LogP contribution < -0.4 is 10.2 Å². The molecule has 1 aliphatic heterocycles. The summed E-state index contributed by atoms with van der Waals surface area (Å²) in [5.74, 6) is 1.19. The molecule has 0 aliphatic carbocycles. The van der Waals surface area contributed by atoms with Crippen LogP contribution in [0.3, 0.4) is 0 Å². The average Bonchev–Trinajstić information content (AvgIpc) is 3.20. The summed E-state index contributed by atoms with van der Waals surface area (Å²) in [6.07, 6.45) is 0.938. The molecule has 0 fully saturated rings. The fourth-order valence-corrected chi connectivity index (χ4v) is 2.94. The van der Waals surface area contributed by atoms with E-state index in [4.69, 9.17) is 4.52 Å². The van der Waals surface area contributed by atoms with Crippen molar-refractivity contribution in [2.45, 2.75) is 20.3 Å². The number of amides is 1. The number of hydrogen-bond donors (Lipinski definition) is 1. The molecule has 0 radical (unpaired) electrons. The minimum absolute atomic E-state index is 0.299. The van der Waals surface area contributed by atoms with E-state index in [1.165, 1.54) is 5.56 Å². The smallest absolute Gasteiger partial charge is 0.275 e. The first kappa shape index (κ1) is 15.3. The number of aromatic nitrogens is 3. The zero-order valence-electron chi connectivity index (χ0n) is 14.0. The minimum Gasteiger partial charge on any atom is -0.360 e. The Morgan fingerprint density at radius 2 is 2.04 bits per heavy atom. The number of rotatable bonds is 3. The topological polar surface area (TPSA) is 84.2 Å². The Morgan fingerprint density at radius 1 is 1.20 bits per heavy atom. The van der Waals surface area contributed by atoms with Gasteiger partial charge in [-0.3, -0.25) is 4.79 Å². The Kier molecular flexibility index (Phi) is 3.68. The van der Waals surface area contributed by atoms with Crippen molar-refractivity contribution in [2.75, 3.05) is 16.8 Å². The van der Waals surface area contributed by atoms with Crippen LogP contribution in [0.25, 0.3) is 0 Å². The van der Waals surface area contributed by atoms with Crippen molar-refractivity contribution in [1.29, 1.82) is 0 Å². The molecule has 25 heavy (non-hydrogen) atoms. The van der Waals surface area contributed by atoms with Gasteiger partial charge in [0.05, 0.1) is 0 Å². The molecule has 0 unspecified atom stereocenters. The fraction of sp³-hybridized carbons (Fsp3) is 0.222. The van der Waals surface area contributed by atoms with E-state index in [2.05, 4.69) is 26.5 Å². The summed E-state index contributed by atoms with van der Waals surface area (Å²) < 4.78 is 4.96. The molecular weight excluding hydrogens is 318 g/mol. The number of anilines is 3. The summed E-state index contributed by atoms with van der Waals surface area (Å²) in [5, 5.41) is 6.46. The van der Waals surface area contributed by atoms with Crippen molar-refractivity contribution >= 4 is 23.4 Å². The minimum atomic E-state index is -0.340. The monoisotopic (exact) mass is 335 g/mol. The summed E-state index contributed by atoms with van der Waals surface area (Å²) in [6.45, 7) is 4.41. The van der Waals surface area contributed by atoms with Crippen LogP contribution in [0.2, 0.25) is 0 Å². The molecular formula is C18H17N5O2. The predicted molar refractivity (Wildman–Crippen MR) is 93.1 cm³/mol. The van der Waals surface area contributed by atoms with Crippen LogP contribution in [-0.2, 0) is 6.42 Å². The van der Waals surface area contributed by atoms with Gasteiger partial charge in [0, 0.05) is 24.0 Å². The van der Waals surface area contributed by atoms with Gasteiger partial charge in [0.25, 0.3) is 5.91 Å². The molecule has 3 aromatic rings. The van der Waals surface area contributed by atoms with Crippen LogP contribution in [0.15, 0.2) is 40.9 Å². The summed E-state index contributed by atoms with van der Waals surface area (Å²) in [6, 6.07) is 11.5. The van der Waals surface area contributed by atoms with Crippen molar-refractivity contribution in [3.63, 3.8) is 0 Å². The van der Waals surface area contributed by atoms with E-state index < -0.39 is 0 Å². The zero-order chi connectivity index (χ0) is 17.4. The number of aryl methyl sites for hydroxylation is 2. The van der Waals surface area contributed by atoms with Crippen molar-refractivity contribution in [2.24, 2.45) is 0 Å². The maximum absolute atomic E-state index is 12.5. The van der Waals surface area contributed by atoms with Crippen LogP contribution >= 0.6 is 0 Å². The van der Waals surface area contributed by atoms with Crippen LogP contribution in [0.4, 0.5) is 17.5 Å². The number of para-hydroxylation sites is 1. The maximum atomic E-state index is 12.5. The highest BCUT2D eigenvalue weighted by Crippen LogP contribution is 2.32. The van der Waals surface area contributed by atoms with Crippen LogP contribution in [0.1, 0.15) is 27.5 Å². The SMILES string of the molecule is Cc1cc(C(=O)Nc2cc(C)on2)nc(N2CCc3ccccc32)n1. The Labute approximate surface area is 144 Å². The van der Waals surface area contributed by atoms with E-state index >= 15 is 0 Å². The number of carbonyl (C=O) groups is 1. The first-order valence-corrected chi connectivity index (χ1v) is 8.06. The average molecular weight is 335 g/mol. The Balaban J connectivity index is 1.64. The predicted octanol–water partition coefficient (Wildman–Crippen LogP) is 3.03. The summed E-state index contributed by atoms with van der Waals surface area (Å²) in [5.41, 5.74) is 3.38. The molecule has 2 aromatic heterocycles. The molecule has 3 heterocycles. The Hall–Kier alpha value is -3.22. The Morgan fingerprint density at radius 3 is 2.84 bits per heavy atom. The quantitative estimate of drug-likeness (QED) is 0.792. The molecule has 1 amide bonds. The molecule has 1 N–H and O–H groups in total. The number of hydrogen-bond acceptors (Lipinski definition) is 6. The third-order valence-electron chi connectivity index (χ3n) is 4.07. The standard InChI is InChI=1S/C18H17N5O2/c1-11-9-14(17(24)21-16-10-12(2)25-22-16)20-18(19-11)23-8-7-13-5-3-4-6-15(13)23/h3-6,9-10H,7-8H2,1-2H3,(H,21,22,24). The van der Waals surface area contributed by atoms with Gasteiger partial charge in [0.15, 0.2) is 5.82 Å². The summed E-state index contributed by atoms with van der Waals surface area (Å²) in [7, 11) is 0. The fourth-order valence-electron chi connectivity index (χ4n) is 2.94.